The van der Waals surface area contributed by atoms with E-state index < -0.39 is 5.78 Å². The SMILES string of the molecule is CC(=O)C=O.[Bi]. The third-order valence-electron chi connectivity index (χ3n) is 0.166. The van der Waals surface area contributed by atoms with Crippen LogP contribution in [0.2, 0.25) is 0 Å². The van der Waals surface area contributed by atoms with Crippen molar-refractivity contribution in [2.75, 3.05) is 0 Å². The minimum absolute atomic E-state index is 0. The van der Waals surface area contributed by atoms with E-state index >= 15 is 0 Å². The number of carbonyl (C=O) groups is 2. The Balaban J connectivity index is 0. The molecule has 0 amide bonds. The summed E-state index contributed by atoms with van der Waals surface area (Å²) in [6, 6.07) is 0. The second kappa shape index (κ2) is 5.22. The van der Waals surface area contributed by atoms with E-state index in [1.165, 1.54) is 6.92 Å². The Morgan fingerprint density at radius 3 is 1.83 bits per heavy atom. The summed E-state index contributed by atoms with van der Waals surface area (Å²) in [4.78, 5) is 18.6. The zero-order valence-electron chi connectivity index (χ0n) is 3.34. The van der Waals surface area contributed by atoms with E-state index in [-0.39, 0.29) is 32.5 Å². The van der Waals surface area contributed by atoms with Crippen LogP contribution >= 0.6 is 0 Å². The fourth-order valence-electron chi connectivity index (χ4n) is 0. The fourth-order valence-corrected chi connectivity index (χ4v) is 0. The molecule has 0 N–H and O–H groups in total. The Morgan fingerprint density at radius 1 is 1.67 bits per heavy atom. The maximum Gasteiger partial charge on any atom is 0.192 e. The molecule has 33 valence electrons. The van der Waals surface area contributed by atoms with Gasteiger partial charge in [-0.05, 0) is 0 Å². The molecule has 0 unspecified atom stereocenters. The molecule has 0 aromatic carbocycles. The van der Waals surface area contributed by atoms with Gasteiger partial charge in [0.15, 0.2) is 12.1 Å². The number of hydrogen-bond donors (Lipinski definition) is 0. The molecule has 0 aromatic rings. The van der Waals surface area contributed by atoms with E-state index in [0.29, 0.717) is 0 Å². The first-order chi connectivity index (χ1) is 2.27. The maximum absolute atomic E-state index is 9.44. The molecule has 0 heterocycles. The predicted molar refractivity (Wildman–Crippen MR) is 22.5 cm³/mol. The van der Waals surface area contributed by atoms with Crippen molar-refractivity contribution in [3.63, 3.8) is 0 Å². The summed E-state index contributed by atoms with van der Waals surface area (Å²) < 4.78 is 0. The van der Waals surface area contributed by atoms with Crippen molar-refractivity contribution in [3.05, 3.63) is 0 Å². The van der Waals surface area contributed by atoms with Crippen molar-refractivity contribution in [2.24, 2.45) is 0 Å². The summed E-state index contributed by atoms with van der Waals surface area (Å²) >= 11 is 0. The maximum atomic E-state index is 9.44. The van der Waals surface area contributed by atoms with Crippen LogP contribution in [0.15, 0.2) is 0 Å². The van der Waals surface area contributed by atoms with Crippen molar-refractivity contribution in [3.8, 4) is 0 Å². The normalized spacial score (nSPS) is 5.50. The van der Waals surface area contributed by atoms with Gasteiger partial charge in [-0.3, -0.25) is 9.59 Å². The predicted octanol–water partition coefficient (Wildman–Crippen LogP) is -0.607. The van der Waals surface area contributed by atoms with E-state index in [1.807, 2.05) is 0 Å². The molecule has 3 radical (unpaired) electrons. The Hall–Kier alpha value is 0.223. The van der Waals surface area contributed by atoms with Crippen LogP contribution in [0.3, 0.4) is 0 Å². The summed E-state index contributed by atoms with van der Waals surface area (Å²) in [5, 5.41) is 0. The monoisotopic (exact) mass is 281 g/mol. The molecule has 2 nitrogen and oxygen atoms in total. The van der Waals surface area contributed by atoms with Crippen LogP contribution in [-0.2, 0) is 9.59 Å². The van der Waals surface area contributed by atoms with Gasteiger partial charge in [0.2, 0.25) is 0 Å². The van der Waals surface area contributed by atoms with Crippen LogP contribution in [0, 0.1) is 0 Å². The molecule has 0 aliphatic heterocycles. The summed E-state index contributed by atoms with van der Waals surface area (Å²) in [6.07, 6.45) is 0.278. The van der Waals surface area contributed by atoms with Gasteiger partial charge in [0.25, 0.3) is 0 Å². The summed E-state index contributed by atoms with van der Waals surface area (Å²) in [5.74, 6) is -0.426. The van der Waals surface area contributed by atoms with E-state index in [2.05, 4.69) is 0 Å². The molecular weight excluding hydrogens is 277 g/mol. The minimum atomic E-state index is -0.426. The molecule has 0 atom stereocenters. The van der Waals surface area contributed by atoms with E-state index in [1.54, 1.807) is 0 Å². The molecule has 6 heavy (non-hydrogen) atoms. The van der Waals surface area contributed by atoms with Gasteiger partial charge in [0.1, 0.15) is 0 Å². The quantitative estimate of drug-likeness (QED) is 0.365. The van der Waals surface area contributed by atoms with Gasteiger partial charge in [-0.1, -0.05) is 0 Å². The summed E-state index contributed by atoms with van der Waals surface area (Å²) in [6.45, 7) is 1.22. The Labute approximate surface area is 55.0 Å². The van der Waals surface area contributed by atoms with Crippen LogP contribution in [-0.4, -0.2) is 38.3 Å². The van der Waals surface area contributed by atoms with Crippen LogP contribution in [0.25, 0.3) is 0 Å². The molecule has 0 fully saturated rings. The van der Waals surface area contributed by atoms with Crippen molar-refractivity contribution in [1.29, 1.82) is 0 Å². The molecule has 0 aliphatic rings. The van der Waals surface area contributed by atoms with Crippen LogP contribution in [0.4, 0.5) is 0 Å². The van der Waals surface area contributed by atoms with Gasteiger partial charge in [0, 0.05) is 33.1 Å². The average molecular weight is 281 g/mol. The standard InChI is InChI=1S/C3H4O2.Bi/c1-3(5)2-4;/h2H,1H3;. The summed E-state index contributed by atoms with van der Waals surface area (Å²) in [7, 11) is 0. The van der Waals surface area contributed by atoms with Gasteiger partial charge in [0.05, 0.1) is 0 Å². The zero-order chi connectivity index (χ0) is 4.28. The van der Waals surface area contributed by atoms with Gasteiger partial charge in [-0.15, -0.1) is 0 Å². The van der Waals surface area contributed by atoms with E-state index in [4.69, 9.17) is 4.79 Å². The Morgan fingerprint density at radius 2 is 1.83 bits per heavy atom. The molecule has 0 aliphatic carbocycles. The van der Waals surface area contributed by atoms with Gasteiger partial charge in [-0.25, -0.2) is 0 Å². The van der Waals surface area contributed by atoms with Gasteiger partial charge < -0.3 is 0 Å². The van der Waals surface area contributed by atoms with Crippen molar-refractivity contribution >= 4 is 38.3 Å². The molecule has 3 heteroatoms. The first kappa shape index (κ1) is 9.52. The topological polar surface area (TPSA) is 34.1 Å². The second-order valence-corrected chi connectivity index (χ2v) is 0.729. The number of ketones is 1. The minimum Gasteiger partial charge on any atom is -0.295 e. The van der Waals surface area contributed by atoms with Crippen molar-refractivity contribution < 1.29 is 9.59 Å². The third-order valence-corrected chi connectivity index (χ3v) is 0.166. The van der Waals surface area contributed by atoms with Gasteiger partial charge in [-0.2, -0.15) is 0 Å². The van der Waals surface area contributed by atoms with E-state index in [0.717, 1.165) is 0 Å². The Bertz CT molecular complexity index is 59.8. The number of aldehydes is 1. The van der Waals surface area contributed by atoms with Gasteiger partial charge >= 0.3 is 0 Å². The number of rotatable bonds is 1. The molecule has 0 saturated carbocycles. The zero-order valence-corrected chi connectivity index (χ0v) is 6.82. The first-order valence-electron chi connectivity index (χ1n) is 1.23. The first-order valence-corrected chi connectivity index (χ1v) is 1.23. The average Bonchev–Trinajstić information content (AvgIpc) is 1.38. The molecule has 0 saturated heterocycles. The Kier molecular flexibility index (Phi) is 8.29. The smallest absolute Gasteiger partial charge is 0.192 e. The number of carbonyl (C=O) groups excluding carboxylic acids is 2. The molecule has 0 spiro atoms. The molecule has 0 bridgehead atoms. The van der Waals surface area contributed by atoms with Crippen molar-refractivity contribution in [2.45, 2.75) is 6.92 Å². The van der Waals surface area contributed by atoms with Crippen LogP contribution in [0.5, 0.6) is 0 Å². The van der Waals surface area contributed by atoms with Crippen LogP contribution in [0.1, 0.15) is 6.92 Å². The number of hydrogen-bond acceptors (Lipinski definition) is 2. The third kappa shape index (κ3) is 8.88. The molecule has 0 aromatic heterocycles. The fraction of sp³-hybridized carbons (Fsp3) is 0.333. The van der Waals surface area contributed by atoms with Crippen molar-refractivity contribution in [1.82, 2.24) is 0 Å². The summed E-state index contributed by atoms with van der Waals surface area (Å²) in [5.41, 5.74) is 0. The number of Topliss-reactive ketones (excluding diaryl/α,β-unsaturated/α-hetero) is 1. The van der Waals surface area contributed by atoms with Crippen LogP contribution < -0.4 is 0 Å². The molecular formula is C3H4BiO2. The molecule has 0 rings (SSSR count). The second-order valence-electron chi connectivity index (χ2n) is 0.729. The largest absolute Gasteiger partial charge is 0.295 e. The van der Waals surface area contributed by atoms with E-state index in [9.17, 15) is 4.79 Å².